The minimum Gasteiger partial charge on any atom is -0.481 e. The fourth-order valence-electron chi connectivity index (χ4n) is 2.65. The van der Waals surface area contributed by atoms with Gasteiger partial charge < -0.3 is 9.67 Å². The number of carboxylic acids is 1. The molecule has 0 radical (unpaired) electrons. The molecule has 94 valence electrons. The van der Waals surface area contributed by atoms with Crippen LogP contribution in [0, 0.1) is 19.8 Å². The molecule has 0 bridgehead atoms. The predicted octanol–water partition coefficient (Wildman–Crippen LogP) is 2.69. The van der Waals surface area contributed by atoms with Crippen LogP contribution in [0.3, 0.4) is 0 Å². The van der Waals surface area contributed by atoms with E-state index in [1.165, 1.54) is 11.1 Å². The van der Waals surface area contributed by atoms with E-state index in [-0.39, 0.29) is 12.0 Å². The quantitative estimate of drug-likeness (QED) is 0.883. The highest BCUT2D eigenvalue weighted by atomic mass is 16.4. The van der Waals surface area contributed by atoms with Gasteiger partial charge >= 0.3 is 5.97 Å². The Balaban J connectivity index is 2.08. The summed E-state index contributed by atoms with van der Waals surface area (Å²) < 4.78 is 2.03. The number of benzene rings is 1. The molecule has 1 N–H and O–H groups in total. The summed E-state index contributed by atoms with van der Waals surface area (Å²) in [5.41, 5.74) is 4.44. The zero-order valence-corrected chi connectivity index (χ0v) is 10.6. The standard InChI is InChI=1S/C14H16N2O2/c1-8-5-11-13(6-9(8)2)16(7-15-11)12-4-3-10(12)14(17)18/h5-7,10,12H,3-4H2,1-2H3,(H,17,18). The van der Waals surface area contributed by atoms with Gasteiger partial charge in [0.2, 0.25) is 0 Å². The second-order valence-corrected chi connectivity index (χ2v) is 5.17. The van der Waals surface area contributed by atoms with Gasteiger partial charge in [0, 0.05) is 6.04 Å². The molecule has 4 heteroatoms. The molecule has 0 saturated heterocycles. The molecule has 1 aliphatic rings. The first-order valence-corrected chi connectivity index (χ1v) is 6.24. The van der Waals surface area contributed by atoms with Gasteiger partial charge in [-0.15, -0.1) is 0 Å². The maximum absolute atomic E-state index is 11.1. The molecule has 2 aromatic rings. The Morgan fingerprint density at radius 2 is 2.06 bits per heavy atom. The maximum Gasteiger partial charge on any atom is 0.308 e. The Labute approximate surface area is 105 Å². The number of aryl methyl sites for hydroxylation is 2. The van der Waals surface area contributed by atoms with Crippen molar-refractivity contribution in [1.29, 1.82) is 0 Å². The van der Waals surface area contributed by atoms with Gasteiger partial charge in [0.25, 0.3) is 0 Å². The lowest BCUT2D eigenvalue weighted by Gasteiger charge is -2.34. The zero-order chi connectivity index (χ0) is 12.9. The summed E-state index contributed by atoms with van der Waals surface area (Å²) in [7, 11) is 0. The summed E-state index contributed by atoms with van der Waals surface area (Å²) in [6, 6.07) is 4.24. The van der Waals surface area contributed by atoms with E-state index >= 15 is 0 Å². The van der Waals surface area contributed by atoms with Crippen LogP contribution in [0.2, 0.25) is 0 Å². The summed E-state index contributed by atoms with van der Waals surface area (Å²) in [5.74, 6) is -0.957. The van der Waals surface area contributed by atoms with Crippen LogP contribution in [-0.4, -0.2) is 20.6 Å². The molecule has 0 amide bonds. The van der Waals surface area contributed by atoms with Crippen LogP contribution >= 0.6 is 0 Å². The number of hydrogen-bond donors (Lipinski definition) is 1. The summed E-state index contributed by atoms with van der Waals surface area (Å²) >= 11 is 0. The van der Waals surface area contributed by atoms with Crippen LogP contribution in [0.5, 0.6) is 0 Å². The highest BCUT2D eigenvalue weighted by Gasteiger charge is 2.38. The van der Waals surface area contributed by atoms with Crippen LogP contribution in [0.15, 0.2) is 18.5 Å². The van der Waals surface area contributed by atoms with E-state index in [4.69, 9.17) is 5.11 Å². The third-order valence-electron chi connectivity index (χ3n) is 4.10. The Morgan fingerprint density at radius 3 is 2.67 bits per heavy atom. The number of aromatic nitrogens is 2. The molecule has 1 fully saturated rings. The molecule has 3 rings (SSSR count). The molecule has 2 unspecified atom stereocenters. The van der Waals surface area contributed by atoms with Gasteiger partial charge in [0.15, 0.2) is 0 Å². The minimum atomic E-state index is -0.697. The number of aliphatic carboxylic acids is 1. The lowest BCUT2D eigenvalue weighted by molar-refractivity contribution is -0.147. The average molecular weight is 244 g/mol. The smallest absolute Gasteiger partial charge is 0.308 e. The monoisotopic (exact) mass is 244 g/mol. The molecule has 1 heterocycles. The number of hydrogen-bond acceptors (Lipinski definition) is 2. The Morgan fingerprint density at radius 1 is 1.33 bits per heavy atom. The first kappa shape index (κ1) is 11.3. The normalized spacial score (nSPS) is 23.0. The fourth-order valence-corrected chi connectivity index (χ4v) is 2.65. The first-order chi connectivity index (χ1) is 8.58. The van der Waals surface area contributed by atoms with Crippen molar-refractivity contribution in [2.75, 3.05) is 0 Å². The molecular weight excluding hydrogens is 228 g/mol. The van der Waals surface area contributed by atoms with Gasteiger partial charge in [-0.1, -0.05) is 0 Å². The van der Waals surface area contributed by atoms with Crippen molar-refractivity contribution in [3.05, 3.63) is 29.6 Å². The molecule has 1 aromatic heterocycles. The summed E-state index contributed by atoms with van der Waals surface area (Å²) in [4.78, 5) is 15.5. The SMILES string of the molecule is Cc1cc2ncn(C3CCC3C(=O)O)c2cc1C. The number of imidazole rings is 1. The molecular formula is C14H16N2O2. The molecule has 2 atom stereocenters. The number of rotatable bonds is 2. The average Bonchev–Trinajstić information content (AvgIpc) is 2.60. The van der Waals surface area contributed by atoms with E-state index in [0.29, 0.717) is 0 Å². The third-order valence-corrected chi connectivity index (χ3v) is 4.10. The van der Waals surface area contributed by atoms with Gasteiger partial charge in [-0.05, 0) is 49.9 Å². The van der Waals surface area contributed by atoms with Crippen LogP contribution in [0.25, 0.3) is 11.0 Å². The molecule has 1 aromatic carbocycles. The highest BCUT2D eigenvalue weighted by Crippen LogP contribution is 2.40. The van der Waals surface area contributed by atoms with Gasteiger partial charge in [-0.25, -0.2) is 4.98 Å². The van der Waals surface area contributed by atoms with E-state index < -0.39 is 5.97 Å². The van der Waals surface area contributed by atoms with Gasteiger partial charge in [0.1, 0.15) is 0 Å². The van der Waals surface area contributed by atoms with Crippen molar-refractivity contribution in [1.82, 2.24) is 9.55 Å². The molecule has 0 spiro atoms. The van der Waals surface area contributed by atoms with Crippen LogP contribution < -0.4 is 0 Å². The number of nitrogens with zero attached hydrogens (tertiary/aromatic N) is 2. The second kappa shape index (κ2) is 3.83. The summed E-state index contributed by atoms with van der Waals surface area (Å²) in [6.07, 6.45) is 3.48. The van der Waals surface area contributed by atoms with E-state index in [0.717, 1.165) is 23.9 Å². The van der Waals surface area contributed by atoms with E-state index in [2.05, 4.69) is 31.0 Å². The maximum atomic E-state index is 11.1. The first-order valence-electron chi connectivity index (χ1n) is 6.24. The molecule has 1 aliphatic carbocycles. The van der Waals surface area contributed by atoms with Crippen LogP contribution in [0.1, 0.15) is 30.0 Å². The highest BCUT2D eigenvalue weighted by molar-refractivity contribution is 5.78. The summed E-state index contributed by atoms with van der Waals surface area (Å²) in [5, 5.41) is 9.14. The topological polar surface area (TPSA) is 55.1 Å². The second-order valence-electron chi connectivity index (χ2n) is 5.17. The largest absolute Gasteiger partial charge is 0.481 e. The van der Waals surface area contributed by atoms with E-state index in [9.17, 15) is 4.79 Å². The van der Waals surface area contributed by atoms with Crippen molar-refractivity contribution >= 4 is 17.0 Å². The van der Waals surface area contributed by atoms with Crippen LogP contribution in [0.4, 0.5) is 0 Å². The molecule has 1 saturated carbocycles. The summed E-state index contributed by atoms with van der Waals surface area (Å²) in [6.45, 7) is 4.14. The fraction of sp³-hybridized carbons (Fsp3) is 0.429. The van der Waals surface area contributed by atoms with Crippen molar-refractivity contribution in [3.63, 3.8) is 0 Å². The third kappa shape index (κ3) is 1.52. The molecule has 4 nitrogen and oxygen atoms in total. The molecule has 18 heavy (non-hydrogen) atoms. The van der Waals surface area contributed by atoms with Crippen molar-refractivity contribution in [2.45, 2.75) is 32.7 Å². The number of carbonyl (C=O) groups is 1. The lowest BCUT2D eigenvalue weighted by atomic mass is 9.79. The van der Waals surface area contributed by atoms with E-state index in [1.54, 1.807) is 6.33 Å². The number of fused-ring (bicyclic) bond motifs is 1. The van der Waals surface area contributed by atoms with Gasteiger partial charge in [0.05, 0.1) is 23.3 Å². The Kier molecular flexibility index (Phi) is 2.40. The van der Waals surface area contributed by atoms with Crippen LogP contribution in [-0.2, 0) is 4.79 Å². The lowest BCUT2D eigenvalue weighted by Crippen LogP contribution is -2.34. The van der Waals surface area contributed by atoms with Crippen molar-refractivity contribution in [3.8, 4) is 0 Å². The predicted molar refractivity (Wildman–Crippen MR) is 68.6 cm³/mol. The van der Waals surface area contributed by atoms with Gasteiger partial charge in [-0.2, -0.15) is 0 Å². The minimum absolute atomic E-state index is 0.0645. The number of carboxylic acid groups (broad SMARTS) is 1. The van der Waals surface area contributed by atoms with Crippen molar-refractivity contribution < 1.29 is 9.90 Å². The van der Waals surface area contributed by atoms with E-state index in [1.807, 2.05) is 4.57 Å². The Hall–Kier alpha value is -1.84. The Bertz CT molecular complexity index is 630. The van der Waals surface area contributed by atoms with Crippen molar-refractivity contribution in [2.24, 2.45) is 5.92 Å². The zero-order valence-electron chi connectivity index (χ0n) is 10.6. The molecule has 0 aliphatic heterocycles. The van der Waals surface area contributed by atoms with Gasteiger partial charge in [-0.3, -0.25) is 4.79 Å².